The molecule has 1 aliphatic rings. The molecule has 9 heteroatoms. The van der Waals surface area contributed by atoms with Crippen molar-refractivity contribution in [3.05, 3.63) is 82.0 Å². The van der Waals surface area contributed by atoms with Crippen LogP contribution >= 0.6 is 0 Å². The summed E-state index contributed by atoms with van der Waals surface area (Å²) in [5.41, 5.74) is 2.08. The van der Waals surface area contributed by atoms with E-state index in [1.54, 1.807) is 4.57 Å². The van der Waals surface area contributed by atoms with Gasteiger partial charge in [0.05, 0.1) is 18.0 Å². The Morgan fingerprint density at radius 2 is 1.83 bits per heavy atom. The number of hydrogen-bond donors (Lipinski definition) is 0. The summed E-state index contributed by atoms with van der Waals surface area (Å²) >= 11 is 0. The lowest BCUT2D eigenvalue weighted by molar-refractivity contribution is -0.389. The number of rotatable bonds is 8. The quantitative estimate of drug-likeness (QED) is 0.403. The van der Waals surface area contributed by atoms with Gasteiger partial charge in [0, 0.05) is 6.54 Å². The predicted molar refractivity (Wildman–Crippen MR) is 111 cm³/mol. The van der Waals surface area contributed by atoms with E-state index in [0.29, 0.717) is 19.8 Å². The number of imidazole rings is 1. The largest absolute Gasteiger partial charge is 0.489 e. The first-order valence-corrected chi connectivity index (χ1v) is 10.6. The third-order valence-electron chi connectivity index (χ3n) is 4.88. The Morgan fingerprint density at radius 1 is 1.13 bits per heavy atom. The molecule has 8 nitrogen and oxygen atoms in total. The van der Waals surface area contributed by atoms with E-state index in [1.165, 1.54) is 6.20 Å². The van der Waals surface area contributed by atoms with E-state index < -0.39 is 20.5 Å². The molecule has 0 fully saturated rings. The molecular formula is C21H21N3O5S. The summed E-state index contributed by atoms with van der Waals surface area (Å²) in [6, 6.07) is 17.6. The maximum atomic E-state index is 12.7. The molecule has 4 rings (SSSR count). The molecule has 156 valence electrons. The molecule has 2 heterocycles. The Kier molecular flexibility index (Phi) is 5.65. The fraction of sp³-hybridized carbons (Fsp3) is 0.286. The third-order valence-corrected chi connectivity index (χ3v) is 6.68. The van der Waals surface area contributed by atoms with Crippen LogP contribution in [-0.4, -0.2) is 30.0 Å². The van der Waals surface area contributed by atoms with Crippen LogP contribution in [0.2, 0.25) is 0 Å². The lowest BCUT2D eigenvalue weighted by Gasteiger charge is -2.20. The van der Waals surface area contributed by atoms with Crippen molar-refractivity contribution in [2.24, 2.45) is 0 Å². The fourth-order valence-electron chi connectivity index (χ4n) is 3.28. The van der Waals surface area contributed by atoms with Crippen LogP contribution in [0.15, 0.2) is 66.0 Å². The van der Waals surface area contributed by atoms with Crippen molar-refractivity contribution in [3.8, 4) is 5.75 Å². The maximum Gasteiger partial charge on any atom is 0.383 e. The third kappa shape index (κ3) is 4.27. The van der Waals surface area contributed by atoms with Crippen LogP contribution in [0, 0.1) is 10.1 Å². The first kappa shape index (κ1) is 20.2. The van der Waals surface area contributed by atoms with Crippen molar-refractivity contribution < 1.29 is 18.6 Å². The molecule has 0 bridgehead atoms. The number of hydrogen-bond acceptors (Lipinski definition) is 6. The molecule has 0 amide bonds. The zero-order valence-electron chi connectivity index (χ0n) is 16.4. The highest BCUT2D eigenvalue weighted by Crippen LogP contribution is 2.33. The van der Waals surface area contributed by atoms with Crippen LogP contribution in [0.5, 0.6) is 5.75 Å². The lowest BCUT2D eigenvalue weighted by Crippen LogP contribution is -2.35. The van der Waals surface area contributed by atoms with Crippen molar-refractivity contribution in [3.63, 3.8) is 0 Å². The van der Waals surface area contributed by atoms with Crippen molar-refractivity contribution in [1.29, 1.82) is 0 Å². The summed E-state index contributed by atoms with van der Waals surface area (Å²) in [6.45, 7) is 3.33. The molecule has 2 unspecified atom stereocenters. The average Bonchev–Trinajstić information content (AvgIpc) is 3.26. The van der Waals surface area contributed by atoms with Crippen LogP contribution in [-0.2, 0) is 35.3 Å². The van der Waals surface area contributed by atoms with E-state index in [4.69, 9.17) is 9.47 Å². The molecule has 0 aliphatic carbocycles. The summed E-state index contributed by atoms with van der Waals surface area (Å²) in [7, 11) is -1.48. The first-order chi connectivity index (χ1) is 14.4. The van der Waals surface area contributed by atoms with Gasteiger partial charge in [-0.1, -0.05) is 42.5 Å². The Bertz CT molecular complexity index is 1070. The molecule has 0 N–H and O–H groups in total. The predicted octanol–water partition coefficient (Wildman–Crippen LogP) is 3.47. The van der Waals surface area contributed by atoms with E-state index in [0.717, 1.165) is 16.9 Å². The standard InChI is InChI=1S/C21H21N3O5S/c1-21(14-23-11-19(24(25)26)22-20(23)30(21)27)15-28-12-17-7-9-18(10-8-17)29-13-16-5-3-2-4-6-16/h2-11H,12-15H2,1H3. The van der Waals surface area contributed by atoms with Crippen LogP contribution < -0.4 is 4.74 Å². The van der Waals surface area contributed by atoms with Gasteiger partial charge in [0.2, 0.25) is 0 Å². The summed E-state index contributed by atoms with van der Waals surface area (Å²) in [6.07, 6.45) is 1.33. The number of nitro groups is 1. The van der Waals surface area contributed by atoms with Crippen molar-refractivity contribution in [2.75, 3.05) is 6.61 Å². The van der Waals surface area contributed by atoms with Crippen LogP contribution in [0.25, 0.3) is 0 Å². The molecule has 0 saturated carbocycles. The second-order valence-corrected chi connectivity index (χ2v) is 9.28. The topological polar surface area (TPSA) is 96.5 Å². The van der Waals surface area contributed by atoms with Crippen molar-refractivity contribution in [1.82, 2.24) is 9.55 Å². The second-order valence-electron chi connectivity index (χ2n) is 7.40. The van der Waals surface area contributed by atoms with Gasteiger partial charge in [-0.15, -0.1) is 0 Å². The van der Waals surface area contributed by atoms with Gasteiger partial charge in [0.25, 0.3) is 0 Å². The van der Waals surface area contributed by atoms with E-state index in [9.17, 15) is 14.3 Å². The molecule has 1 aromatic heterocycles. The fourth-order valence-corrected chi connectivity index (χ4v) is 4.68. The second kappa shape index (κ2) is 8.37. The minimum Gasteiger partial charge on any atom is -0.489 e. The lowest BCUT2D eigenvalue weighted by atomic mass is 10.2. The van der Waals surface area contributed by atoms with Gasteiger partial charge in [-0.25, -0.2) is 4.21 Å². The molecule has 2 aromatic carbocycles. The molecule has 3 aromatic rings. The normalized spacial score (nSPS) is 20.1. The molecule has 0 spiro atoms. The van der Waals surface area contributed by atoms with Gasteiger partial charge in [-0.2, -0.15) is 0 Å². The summed E-state index contributed by atoms with van der Waals surface area (Å²) < 4.78 is 25.2. The van der Waals surface area contributed by atoms with E-state index >= 15 is 0 Å². The molecular weight excluding hydrogens is 406 g/mol. The van der Waals surface area contributed by atoms with Crippen LogP contribution in [0.1, 0.15) is 18.1 Å². The van der Waals surface area contributed by atoms with E-state index in [1.807, 2.05) is 61.5 Å². The zero-order chi connectivity index (χ0) is 21.1. The molecule has 0 radical (unpaired) electrons. The summed E-state index contributed by atoms with van der Waals surface area (Å²) in [5, 5.41) is 11.1. The molecule has 2 atom stereocenters. The van der Waals surface area contributed by atoms with Gasteiger partial charge in [0.1, 0.15) is 29.4 Å². The van der Waals surface area contributed by atoms with Gasteiger partial charge in [-0.3, -0.25) is 4.57 Å². The minimum absolute atomic E-state index is 0.229. The average molecular weight is 427 g/mol. The Labute approximate surface area is 176 Å². The van der Waals surface area contributed by atoms with Crippen molar-refractivity contribution in [2.45, 2.75) is 36.6 Å². The summed E-state index contributed by atoms with van der Waals surface area (Å²) in [5.74, 6) is 0.495. The maximum absolute atomic E-state index is 12.7. The summed E-state index contributed by atoms with van der Waals surface area (Å²) in [4.78, 5) is 14.1. The van der Waals surface area contributed by atoms with Gasteiger partial charge in [-0.05, 0) is 40.1 Å². The van der Waals surface area contributed by atoms with E-state index in [2.05, 4.69) is 4.98 Å². The van der Waals surface area contributed by atoms with Gasteiger partial charge >= 0.3 is 11.0 Å². The Balaban J connectivity index is 1.28. The Morgan fingerprint density at radius 3 is 2.50 bits per heavy atom. The number of benzene rings is 2. The minimum atomic E-state index is -1.48. The SMILES string of the molecule is CC1(COCc2ccc(OCc3ccccc3)cc2)Cn2cc([N+](=O)[O-])nc2S1=O. The van der Waals surface area contributed by atoms with Gasteiger partial charge in [0.15, 0.2) is 0 Å². The molecule has 1 aliphatic heterocycles. The Hall–Kier alpha value is -3.04. The van der Waals surface area contributed by atoms with Crippen molar-refractivity contribution >= 4 is 16.6 Å². The number of aromatic nitrogens is 2. The van der Waals surface area contributed by atoms with Crippen LogP contribution in [0.3, 0.4) is 0 Å². The monoisotopic (exact) mass is 427 g/mol. The van der Waals surface area contributed by atoms with Gasteiger partial charge < -0.3 is 19.6 Å². The smallest absolute Gasteiger partial charge is 0.383 e. The molecule has 30 heavy (non-hydrogen) atoms. The highest BCUT2D eigenvalue weighted by molar-refractivity contribution is 7.86. The number of ether oxygens (including phenoxy) is 2. The molecule has 0 saturated heterocycles. The van der Waals surface area contributed by atoms with E-state index in [-0.39, 0.29) is 17.6 Å². The number of fused-ring (bicyclic) bond motifs is 1. The zero-order valence-corrected chi connectivity index (χ0v) is 17.2. The highest BCUT2D eigenvalue weighted by Gasteiger charge is 2.46. The highest BCUT2D eigenvalue weighted by atomic mass is 32.2. The first-order valence-electron chi connectivity index (χ1n) is 9.41. The number of nitrogens with zero attached hydrogens (tertiary/aromatic N) is 3. The van der Waals surface area contributed by atoms with Crippen LogP contribution in [0.4, 0.5) is 5.82 Å².